The molecule has 2 aromatic rings. The molecular formula is C20H21NO3. The van der Waals surface area contributed by atoms with Crippen LogP contribution >= 0.6 is 0 Å². The van der Waals surface area contributed by atoms with Gasteiger partial charge in [0.25, 0.3) is 0 Å². The second-order valence-corrected chi connectivity index (χ2v) is 6.12. The Kier molecular flexibility index (Phi) is 5.49. The van der Waals surface area contributed by atoms with Crippen molar-refractivity contribution < 1.29 is 14.3 Å². The van der Waals surface area contributed by atoms with Gasteiger partial charge in [0, 0.05) is 17.7 Å². The maximum absolute atomic E-state index is 12.5. The summed E-state index contributed by atoms with van der Waals surface area (Å²) in [6.45, 7) is 5.46. The molecule has 0 N–H and O–H groups in total. The summed E-state index contributed by atoms with van der Waals surface area (Å²) in [5, 5.41) is 0. The third-order valence-corrected chi connectivity index (χ3v) is 2.97. The number of carbonyl (C=O) groups is 1. The average molecular weight is 323 g/mol. The molecule has 2 rings (SSSR count). The Labute approximate surface area is 143 Å². The lowest BCUT2D eigenvalue weighted by molar-refractivity contribution is 0.0600. The first kappa shape index (κ1) is 17.4. The molecule has 0 saturated heterocycles. The van der Waals surface area contributed by atoms with Crippen LogP contribution in [0.1, 0.15) is 26.3 Å². The molecule has 0 atom stereocenters. The highest BCUT2D eigenvalue weighted by Gasteiger charge is 2.22. The molecule has 124 valence electrons. The standard InChI is InChI=1S/C20H21NO3/c1-20(2,3)24-19(22)21(14-13-16-9-6-5-7-10-16)17-11-8-12-18(15-17)23-4/h5-12,15H,1-4H3. The number of methoxy groups -OCH3 is 1. The maximum Gasteiger partial charge on any atom is 0.426 e. The highest BCUT2D eigenvalue weighted by molar-refractivity contribution is 5.91. The maximum atomic E-state index is 12.5. The van der Waals surface area contributed by atoms with Gasteiger partial charge < -0.3 is 9.47 Å². The van der Waals surface area contributed by atoms with Gasteiger partial charge in [-0.05, 0) is 51.0 Å². The summed E-state index contributed by atoms with van der Waals surface area (Å²) in [7, 11) is 1.58. The molecule has 4 heteroatoms. The van der Waals surface area contributed by atoms with Gasteiger partial charge in [0.2, 0.25) is 0 Å². The quantitative estimate of drug-likeness (QED) is 0.605. The molecule has 0 aliphatic carbocycles. The Balaban J connectivity index is 2.37. The fourth-order valence-corrected chi connectivity index (χ4v) is 1.91. The van der Waals surface area contributed by atoms with E-state index >= 15 is 0 Å². The minimum absolute atomic E-state index is 0.529. The first-order chi connectivity index (χ1) is 11.4. The average Bonchev–Trinajstić information content (AvgIpc) is 2.54. The molecule has 4 nitrogen and oxygen atoms in total. The molecule has 0 radical (unpaired) electrons. The molecule has 0 aromatic heterocycles. The van der Waals surface area contributed by atoms with Crippen molar-refractivity contribution in [3.05, 3.63) is 60.2 Å². The van der Waals surface area contributed by atoms with E-state index < -0.39 is 11.7 Å². The molecule has 0 saturated carbocycles. The van der Waals surface area contributed by atoms with Crippen LogP contribution in [0, 0.1) is 12.0 Å². The van der Waals surface area contributed by atoms with Crippen molar-refractivity contribution in [1.29, 1.82) is 0 Å². The molecule has 0 bridgehead atoms. The van der Waals surface area contributed by atoms with Gasteiger partial charge in [-0.15, -0.1) is 0 Å². The Morgan fingerprint density at radius 3 is 2.38 bits per heavy atom. The minimum Gasteiger partial charge on any atom is -0.497 e. The van der Waals surface area contributed by atoms with E-state index in [4.69, 9.17) is 9.47 Å². The summed E-state index contributed by atoms with van der Waals surface area (Å²) in [5.41, 5.74) is 0.795. The highest BCUT2D eigenvalue weighted by Crippen LogP contribution is 2.22. The van der Waals surface area contributed by atoms with E-state index in [0.29, 0.717) is 11.4 Å². The third-order valence-electron chi connectivity index (χ3n) is 2.97. The molecule has 0 unspecified atom stereocenters. The number of ether oxygens (including phenoxy) is 2. The first-order valence-corrected chi connectivity index (χ1v) is 7.63. The Morgan fingerprint density at radius 2 is 1.75 bits per heavy atom. The van der Waals surface area contributed by atoms with Crippen LogP contribution in [0.3, 0.4) is 0 Å². The molecule has 0 spiro atoms. The first-order valence-electron chi connectivity index (χ1n) is 7.63. The lowest BCUT2D eigenvalue weighted by Gasteiger charge is -2.24. The number of hydrogen-bond acceptors (Lipinski definition) is 3. The smallest absolute Gasteiger partial charge is 0.426 e. The molecule has 0 heterocycles. The van der Waals surface area contributed by atoms with Gasteiger partial charge in [-0.3, -0.25) is 0 Å². The number of anilines is 1. The summed E-state index contributed by atoms with van der Waals surface area (Å²) >= 11 is 0. The largest absolute Gasteiger partial charge is 0.497 e. The third kappa shape index (κ3) is 5.06. The van der Waals surface area contributed by atoms with Gasteiger partial charge in [-0.25, -0.2) is 9.69 Å². The van der Waals surface area contributed by atoms with E-state index in [0.717, 1.165) is 5.56 Å². The van der Waals surface area contributed by atoms with E-state index in [2.05, 4.69) is 12.0 Å². The summed E-state index contributed by atoms with van der Waals surface area (Å²) in [4.78, 5) is 13.8. The van der Waals surface area contributed by atoms with Crippen molar-refractivity contribution in [1.82, 2.24) is 0 Å². The number of benzene rings is 2. The molecule has 0 fully saturated rings. The molecule has 24 heavy (non-hydrogen) atoms. The summed E-state index contributed by atoms with van der Waals surface area (Å²) in [6.07, 6.45) is -0.529. The lowest BCUT2D eigenvalue weighted by atomic mass is 10.2. The monoisotopic (exact) mass is 323 g/mol. The van der Waals surface area contributed by atoms with Crippen molar-refractivity contribution in [3.8, 4) is 17.7 Å². The van der Waals surface area contributed by atoms with Gasteiger partial charge in [0.15, 0.2) is 0 Å². The number of carbonyl (C=O) groups excluding carboxylic acids is 1. The van der Waals surface area contributed by atoms with Crippen LogP contribution in [0.2, 0.25) is 0 Å². The van der Waals surface area contributed by atoms with Gasteiger partial charge >= 0.3 is 6.09 Å². The fourth-order valence-electron chi connectivity index (χ4n) is 1.91. The zero-order valence-electron chi connectivity index (χ0n) is 14.4. The number of rotatable bonds is 2. The zero-order valence-corrected chi connectivity index (χ0v) is 14.4. The van der Waals surface area contributed by atoms with Gasteiger partial charge in [0.1, 0.15) is 11.4 Å². The van der Waals surface area contributed by atoms with Gasteiger partial charge in [-0.2, -0.15) is 0 Å². The molecular weight excluding hydrogens is 302 g/mol. The van der Waals surface area contributed by atoms with Crippen LogP contribution in [0.15, 0.2) is 54.6 Å². The van der Waals surface area contributed by atoms with Crippen LogP contribution in [-0.2, 0) is 4.74 Å². The molecule has 0 aliphatic rings. The second kappa shape index (κ2) is 7.56. The van der Waals surface area contributed by atoms with Gasteiger partial charge in [0.05, 0.1) is 12.8 Å². The summed E-state index contributed by atoms with van der Waals surface area (Å²) < 4.78 is 10.7. The molecule has 2 aromatic carbocycles. The Bertz CT molecular complexity index is 752. The predicted octanol–water partition coefficient (Wildman–Crippen LogP) is 4.45. The van der Waals surface area contributed by atoms with E-state index in [1.165, 1.54) is 4.90 Å². The van der Waals surface area contributed by atoms with Crippen LogP contribution in [0.25, 0.3) is 0 Å². The Hall–Kier alpha value is -2.93. The number of amides is 1. The summed E-state index contributed by atoms with van der Waals surface area (Å²) in [6, 6.07) is 19.5. The van der Waals surface area contributed by atoms with Crippen LogP contribution in [-0.4, -0.2) is 18.8 Å². The van der Waals surface area contributed by atoms with Crippen molar-refractivity contribution in [2.24, 2.45) is 0 Å². The van der Waals surface area contributed by atoms with Crippen molar-refractivity contribution in [3.63, 3.8) is 0 Å². The van der Waals surface area contributed by atoms with E-state index in [9.17, 15) is 4.79 Å². The van der Waals surface area contributed by atoms with E-state index in [1.807, 2.05) is 51.1 Å². The van der Waals surface area contributed by atoms with Crippen LogP contribution < -0.4 is 9.64 Å². The second-order valence-electron chi connectivity index (χ2n) is 6.12. The number of hydrogen-bond donors (Lipinski definition) is 0. The van der Waals surface area contributed by atoms with E-state index in [1.54, 1.807) is 31.4 Å². The van der Waals surface area contributed by atoms with Crippen LogP contribution in [0.5, 0.6) is 5.75 Å². The Morgan fingerprint density at radius 1 is 1.04 bits per heavy atom. The number of nitrogens with zero attached hydrogens (tertiary/aromatic N) is 1. The van der Waals surface area contributed by atoms with Crippen molar-refractivity contribution in [2.45, 2.75) is 26.4 Å². The minimum atomic E-state index is -0.609. The predicted molar refractivity (Wildman–Crippen MR) is 95.0 cm³/mol. The van der Waals surface area contributed by atoms with Crippen molar-refractivity contribution >= 4 is 11.8 Å². The molecule has 0 aliphatic heterocycles. The van der Waals surface area contributed by atoms with Crippen LogP contribution in [0.4, 0.5) is 10.5 Å². The summed E-state index contributed by atoms with van der Waals surface area (Å²) in [5.74, 6) is 3.62. The zero-order chi connectivity index (χ0) is 17.6. The normalized spacial score (nSPS) is 10.3. The fraction of sp³-hybridized carbons (Fsp3) is 0.250. The topological polar surface area (TPSA) is 38.8 Å². The van der Waals surface area contributed by atoms with Gasteiger partial charge in [-0.1, -0.05) is 24.3 Å². The van der Waals surface area contributed by atoms with E-state index in [-0.39, 0.29) is 0 Å². The highest BCUT2D eigenvalue weighted by atomic mass is 16.6. The SMILES string of the molecule is COc1cccc(N(C#Cc2ccccc2)C(=O)OC(C)(C)C)c1. The lowest BCUT2D eigenvalue weighted by Crippen LogP contribution is -2.34. The molecule has 1 amide bonds. The van der Waals surface area contributed by atoms with Crippen molar-refractivity contribution in [2.75, 3.05) is 12.0 Å².